The largest absolute Gasteiger partial charge is 0.325 e. The molecule has 1 unspecified atom stereocenters. The second-order valence-electron chi connectivity index (χ2n) is 4.75. The Hall–Kier alpha value is -1.57. The van der Waals surface area contributed by atoms with Crippen LogP contribution in [0.2, 0.25) is 5.02 Å². The summed E-state index contributed by atoms with van der Waals surface area (Å²) >= 11 is 5.87. The van der Waals surface area contributed by atoms with Crippen LogP contribution in [0, 0.1) is 17.2 Å². The molecule has 1 aliphatic heterocycles. The molecule has 2 N–H and O–H groups in total. The first-order valence-electron chi connectivity index (χ1n) is 6.39. The number of nitrogens with one attached hydrogen (secondary N) is 2. The quantitative estimate of drug-likeness (QED) is 0.889. The second kappa shape index (κ2) is 6.55. The van der Waals surface area contributed by atoms with Crippen LogP contribution >= 0.6 is 11.6 Å². The molecule has 1 aromatic carbocycles. The van der Waals surface area contributed by atoms with Crippen molar-refractivity contribution in [3.8, 4) is 6.07 Å². The van der Waals surface area contributed by atoms with Crippen molar-refractivity contribution >= 4 is 23.2 Å². The zero-order chi connectivity index (χ0) is 13.7. The highest BCUT2D eigenvalue weighted by atomic mass is 35.5. The van der Waals surface area contributed by atoms with E-state index in [2.05, 4.69) is 10.6 Å². The van der Waals surface area contributed by atoms with Crippen molar-refractivity contribution in [2.45, 2.75) is 19.3 Å². The Balaban J connectivity index is 1.91. The standard InChI is InChI=1S/C14H16ClN3O/c15-12-3-2-11(8-16)13(7-12)18-14(19)4-1-10-5-6-17-9-10/h2-3,7,10,17H,1,4-6,9H2,(H,18,19). The first kappa shape index (κ1) is 13.9. The number of carbonyl (C=O) groups is 1. The zero-order valence-corrected chi connectivity index (χ0v) is 11.3. The molecular weight excluding hydrogens is 262 g/mol. The smallest absolute Gasteiger partial charge is 0.224 e. The number of carbonyl (C=O) groups excluding carboxylic acids is 1. The SMILES string of the molecule is N#Cc1ccc(Cl)cc1NC(=O)CCC1CCNC1. The summed E-state index contributed by atoms with van der Waals surface area (Å²) in [4.78, 5) is 11.9. The van der Waals surface area contributed by atoms with E-state index in [1.807, 2.05) is 6.07 Å². The minimum absolute atomic E-state index is 0.0642. The molecule has 0 aliphatic carbocycles. The van der Waals surface area contributed by atoms with Crippen LogP contribution in [0.25, 0.3) is 0 Å². The van der Waals surface area contributed by atoms with Gasteiger partial charge in [-0.1, -0.05) is 11.6 Å². The van der Waals surface area contributed by atoms with Gasteiger partial charge in [0, 0.05) is 11.4 Å². The van der Waals surface area contributed by atoms with Crippen LogP contribution in [0.4, 0.5) is 5.69 Å². The molecule has 0 aromatic heterocycles. The van der Waals surface area contributed by atoms with Gasteiger partial charge in [-0.05, 0) is 50.0 Å². The van der Waals surface area contributed by atoms with Crippen LogP contribution in [0.5, 0.6) is 0 Å². The number of hydrogen-bond donors (Lipinski definition) is 2. The number of anilines is 1. The minimum Gasteiger partial charge on any atom is -0.325 e. The fourth-order valence-corrected chi connectivity index (χ4v) is 2.40. The maximum absolute atomic E-state index is 11.9. The van der Waals surface area contributed by atoms with Gasteiger partial charge >= 0.3 is 0 Å². The van der Waals surface area contributed by atoms with E-state index in [4.69, 9.17) is 16.9 Å². The highest BCUT2D eigenvalue weighted by Gasteiger charge is 2.16. The van der Waals surface area contributed by atoms with Crippen molar-refractivity contribution in [1.82, 2.24) is 5.32 Å². The lowest BCUT2D eigenvalue weighted by Gasteiger charge is -2.10. The molecule has 0 bridgehead atoms. The Morgan fingerprint density at radius 2 is 2.42 bits per heavy atom. The van der Waals surface area contributed by atoms with Crippen LogP contribution in [0.1, 0.15) is 24.8 Å². The maximum atomic E-state index is 11.9. The van der Waals surface area contributed by atoms with E-state index >= 15 is 0 Å². The van der Waals surface area contributed by atoms with Crippen LogP contribution in [-0.4, -0.2) is 19.0 Å². The predicted molar refractivity (Wildman–Crippen MR) is 75.0 cm³/mol. The number of benzene rings is 1. The molecule has 1 amide bonds. The van der Waals surface area contributed by atoms with Gasteiger partial charge in [-0.25, -0.2) is 0 Å². The van der Waals surface area contributed by atoms with E-state index in [9.17, 15) is 4.79 Å². The zero-order valence-electron chi connectivity index (χ0n) is 10.6. The highest BCUT2D eigenvalue weighted by molar-refractivity contribution is 6.31. The Kier molecular flexibility index (Phi) is 4.78. The third-order valence-electron chi connectivity index (χ3n) is 3.32. The molecule has 1 fully saturated rings. The molecule has 5 heteroatoms. The first-order valence-corrected chi connectivity index (χ1v) is 6.77. The lowest BCUT2D eigenvalue weighted by atomic mass is 10.0. The van der Waals surface area contributed by atoms with Crippen molar-refractivity contribution in [1.29, 1.82) is 5.26 Å². The summed E-state index contributed by atoms with van der Waals surface area (Å²) in [7, 11) is 0. The van der Waals surface area contributed by atoms with Gasteiger partial charge in [-0.2, -0.15) is 5.26 Å². The van der Waals surface area contributed by atoms with E-state index in [1.54, 1.807) is 18.2 Å². The summed E-state index contributed by atoms with van der Waals surface area (Å²) in [5.74, 6) is 0.520. The molecule has 1 atom stereocenters. The Morgan fingerprint density at radius 3 is 3.11 bits per heavy atom. The number of halogens is 1. The lowest BCUT2D eigenvalue weighted by molar-refractivity contribution is -0.116. The van der Waals surface area contributed by atoms with E-state index < -0.39 is 0 Å². The molecule has 19 heavy (non-hydrogen) atoms. The maximum Gasteiger partial charge on any atom is 0.224 e. The van der Waals surface area contributed by atoms with Gasteiger partial charge in [0.1, 0.15) is 6.07 Å². The van der Waals surface area contributed by atoms with Crippen molar-refractivity contribution in [2.24, 2.45) is 5.92 Å². The average Bonchev–Trinajstić information content (AvgIpc) is 2.90. The molecule has 0 spiro atoms. The summed E-state index contributed by atoms with van der Waals surface area (Å²) in [6, 6.07) is 6.90. The van der Waals surface area contributed by atoms with Gasteiger partial charge in [-0.15, -0.1) is 0 Å². The molecule has 0 saturated carbocycles. The van der Waals surface area contributed by atoms with Crippen molar-refractivity contribution in [3.05, 3.63) is 28.8 Å². The van der Waals surface area contributed by atoms with Crippen molar-refractivity contribution in [3.63, 3.8) is 0 Å². The normalized spacial score (nSPS) is 18.0. The molecule has 0 radical (unpaired) electrons. The Labute approximate surface area is 117 Å². The molecule has 1 aromatic rings. The summed E-state index contributed by atoms with van der Waals surface area (Å²) in [5, 5.41) is 15.5. The first-order chi connectivity index (χ1) is 9.19. The lowest BCUT2D eigenvalue weighted by Crippen LogP contribution is -2.15. The Bertz CT molecular complexity index is 504. The van der Waals surface area contributed by atoms with Gasteiger partial charge < -0.3 is 10.6 Å². The van der Waals surface area contributed by atoms with E-state index in [0.29, 0.717) is 28.6 Å². The van der Waals surface area contributed by atoms with Gasteiger partial charge in [0.15, 0.2) is 0 Å². The number of amides is 1. The highest BCUT2D eigenvalue weighted by Crippen LogP contribution is 2.21. The molecule has 1 heterocycles. The monoisotopic (exact) mass is 277 g/mol. The van der Waals surface area contributed by atoms with E-state index in [1.165, 1.54) is 0 Å². The molecule has 100 valence electrons. The molecule has 1 saturated heterocycles. The predicted octanol–water partition coefficient (Wildman–Crippen LogP) is 2.54. The third kappa shape index (κ3) is 3.95. The van der Waals surface area contributed by atoms with Crippen molar-refractivity contribution < 1.29 is 4.79 Å². The van der Waals surface area contributed by atoms with Crippen LogP contribution in [0.3, 0.4) is 0 Å². The number of hydrogen-bond acceptors (Lipinski definition) is 3. The fourth-order valence-electron chi connectivity index (χ4n) is 2.23. The average molecular weight is 278 g/mol. The fraction of sp³-hybridized carbons (Fsp3) is 0.429. The number of rotatable bonds is 4. The summed E-state index contributed by atoms with van der Waals surface area (Å²) in [6.07, 6.45) is 2.49. The summed E-state index contributed by atoms with van der Waals surface area (Å²) in [5.41, 5.74) is 0.921. The molecule has 1 aliphatic rings. The number of nitrogens with zero attached hydrogens (tertiary/aromatic N) is 1. The van der Waals surface area contributed by atoms with Crippen LogP contribution < -0.4 is 10.6 Å². The third-order valence-corrected chi connectivity index (χ3v) is 3.55. The molecular formula is C14H16ClN3O. The summed E-state index contributed by atoms with van der Waals surface area (Å²) in [6.45, 7) is 2.03. The second-order valence-corrected chi connectivity index (χ2v) is 5.18. The van der Waals surface area contributed by atoms with E-state index in [0.717, 1.165) is 25.9 Å². The van der Waals surface area contributed by atoms with Crippen molar-refractivity contribution in [2.75, 3.05) is 18.4 Å². The topological polar surface area (TPSA) is 64.9 Å². The molecule has 2 rings (SSSR count). The van der Waals surface area contributed by atoms with Gasteiger partial charge in [-0.3, -0.25) is 4.79 Å². The number of nitriles is 1. The van der Waals surface area contributed by atoms with Gasteiger partial charge in [0.25, 0.3) is 0 Å². The summed E-state index contributed by atoms with van der Waals surface area (Å²) < 4.78 is 0. The molecule has 4 nitrogen and oxygen atoms in total. The van der Waals surface area contributed by atoms with E-state index in [-0.39, 0.29) is 5.91 Å². The Morgan fingerprint density at radius 1 is 1.58 bits per heavy atom. The minimum atomic E-state index is -0.0642. The van der Waals surface area contributed by atoms with Gasteiger partial charge in [0.2, 0.25) is 5.91 Å². The van der Waals surface area contributed by atoms with Gasteiger partial charge in [0.05, 0.1) is 11.3 Å². The van der Waals surface area contributed by atoms with Crippen LogP contribution in [0.15, 0.2) is 18.2 Å². The van der Waals surface area contributed by atoms with Crippen LogP contribution in [-0.2, 0) is 4.79 Å².